The van der Waals surface area contributed by atoms with Gasteiger partial charge in [-0.3, -0.25) is 19.4 Å². The fourth-order valence-corrected chi connectivity index (χ4v) is 3.44. The first-order valence-corrected chi connectivity index (χ1v) is 9.15. The van der Waals surface area contributed by atoms with Crippen molar-refractivity contribution in [2.75, 3.05) is 31.0 Å². The van der Waals surface area contributed by atoms with Crippen molar-refractivity contribution in [2.45, 2.75) is 12.1 Å². The zero-order valence-electron chi connectivity index (χ0n) is 16.3. The molecule has 154 valence electrons. The molecule has 1 fully saturated rings. The molecule has 2 aromatic rings. The number of amides is 3. The normalized spacial score (nSPS) is 19.8. The van der Waals surface area contributed by atoms with Gasteiger partial charge in [-0.15, -0.1) is 0 Å². The van der Waals surface area contributed by atoms with Crippen molar-refractivity contribution in [2.24, 2.45) is 10.3 Å². The molecule has 0 unspecified atom stereocenters. The van der Waals surface area contributed by atoms with Crippen molar-refractivity contribution < 1.29 is 23.9 Å². The summed E-state index contributed by atoms with van der Waals surface area (Å²) in [7, 11) is 2.96. The molecule has 30 heavy (non-hydrogen) atoms. The maximum atomic E-state index is 13.0. The van der Waals surface area contributed by atoms with Gasteiger partial charge < -0.3 is 14.8 Å². The highest BCUT2D eigenvalue weighted by Crippen LogP contribution is 2.36. The molecule has 10 nitrogen and oxygen atoms in total. The quantitative estimate of drug-likeness (QED) is 0.726. The summed E-state index contributed by atoms with van der Waals surface area (Å²) in [4.78, 5) is 39.3. The van der Waals surface area contributed by atoms with Gasteiger partial charge in [-0.25, -0.2) is 4.90 Å². The van der Waals surface area contributed by atoms with Crippen LogP contribution in [-0.4, -0.2) is 55.6 Å². The van der Waals surface area contributed by atoms with Gasteiger partial charge in [-0.1, -0.05) is 23.4 Å². The van der Waals surface area contributed by atoms with E-state index in [1.807, 2.05) is 6.07 Å². The Bertz CT molecular complexity index is 1030. The number of benzene rings is 2. The van der Waals surface area contributed by atoms with Crippen molar-refractivity contribution in [3.05, 3.63) is 48.5 Å². The Balaban J connectivity index is 1.52. The van der Waals surface area contributed by atoms with Crippen molar-refractivity contribution in [3.63, 3.8) is 0 Å². The topological polar surface area (TPSA) is 113 Å². The third kappa shape index (κ3) is 3.32. The van der Waals surface area contributed by atoms with Crippen molar-refractivity contribution in [3.8, 4) is 11.5 Å². The van der Waals surface area contributed by atoms with Gasteiger partial charge in [-0.2, -0.15) is 5.11 Å². The van der Waals surface area contributed by atoms with E-state index in [4.69, 9.17) is 9.47 Å². The lowest BCUT2D eigenvalue weighted by atomic mass is 10.1. The third-order valence-corrected chi connectivity index (χ3v) is 4.85. The second kappa shape index (κ2) is 7.82. The van der Waals surface area contributed by atoms with E-state index in [9.17, 15) is 14.4 Å². The van der Waals surface area contributed by atoms with Crippen molar-refractivity contribution >= 4 is 29.1 Å². The molecule has 2 aromatic carbocycles. The van der Waals surface area contributed by atoms with Gasteiger partial charge in [0.25, 0.3) is 11.8 Å². The minimum absolute atomic E-state index is 0.210. The average Bonchev–Trinajstić information content (AvgIpc) is 3.27. The molecule has 2 aliphatic heterocycles. The van der Waals surface area contributed by atoms with E-state index in [-0.39, 0.29) is 12.5 Å². The van der Waals surface area contributed by atoms with Crippen LogP contribution in [0.25, 0.3) is 0 Å². The molecular weight excluding hydrogens is 390 g/mol. The maximum absolute atomic E-state index is 13.0. The number of carbonyl (C=O) groups is 3. The van der Waals surface area contributed by atoms with E-state index in [1.165, 1.54) is 19.2 Å². The molecule has 2 heterocycles. The summed E-state index contributed by atoms with van der Waals surface area (Å²) >= 11 is 0. The van der Waals surface area contributed by atoms with Gasteiger partial charge >= 0.3 is 0 Å². The first-order chi connectivity index (χ1) is 14.5. The van der Waals surface area contributed by atoms with Crippen LogP contribution in [0, 0.1) is 0 Å². The van der Waals surface area contributed by atoms with Crippen molar-refractivity contribution in [1.82, 2.24) is 5.01 Å². The van der Waals surface area contributed by atoms with E-state index in [0.717, 1.165) is 4.90 Å². The molecule has 2 atom stereocenters. The van der Waals surface area contributed by atoms with E-state index in [2.05, 4.69) is 15.7 Å². The minimum Gasteiger partial charge on any atom is -0.493 e. The Labute approximate surface area is 172 Å². The molecule has 10 heteroatoms. The average molecular weight is 409 g/mol. The number of carbonyl (C=O) groups excluding carboxylic acids is 3. The number of nitrogens with zero attached hydrogens (tertiary/aromatic N) is 4. The summed E-state index contributed by atoms with van der Waals surface area (Å²) in [5.74, 6) is -0.528. The van der Waals surface area contributed by atoms with Gasteiger partial charge in [-0.05, 0) is 24.3 Å². The smallest absolute Gasteiger partial charge is 0.263 e. The van der Waals surface area contributed by atoms with E-state index >= 15 is 0 Å². The number of rotatable bonds is 6. The number of imide groups is 1. The number of anilines is 2. The van der Waals surface area contributed by atoms with Crippen LogP contribution in [0.1, 0.15) is 0 Å². The number of ether oxygens (including phenoxy) is 2. The molecule has 0 aromatic heterocycles. The van der Waals surface area contributed by atoms with Gasteiger partial charge in [0, 0.05) is 11.8 Å². The van der Waals surface area contributed by atoms with Crippen LogP contribution in [0.15, 0.2) is 58.9 Å². The monoisotopic (exact) mass is 409 g/mol. The number of nitrogens with one attached hydrogen (secondary N) is 1. The molecule has 0 bridgehead atoms. The summed E-state index contributed by atoms with van der Waals surface area (Å²) in [6.45, 7) is -0.210. The lowest BCUT2D eigenvalue weighted by Gasteiger charge is -2.20. The molecule has 0 spiro atoms. The van der Waals surface area contributed by atoms with Gasteiger partial charge in [0.15, 0.2) is 23.6 Å². The predicted octanol–water partition coefficient (Wildman–Crippen LogP) is 1.64. The van der Waals surface area contributed by atoms with E-state index in [0.29, 0.717) is 22.9 Å². The zero-order chi connectivity index (χ0) is 21.3. The second-order valence-corrected chi connectivity index (χ2v) is 6.66. The molecule has 0 saturated carbocycles. The van der Waals surface area contributed by atoms with Crippen LogP contribution >= 0.6 is 0 Å². The molecular formula is C20H19N5O5. The highest BCUT2D eigenvalue weighted by atomic mass is 16.5. The predicted molar refractivity (Wildman–Crippen MR) is 106 cm³/mol. The Kier molecular flexibility index (Phi) is 5.05. The summed E-state index contributed by atoms with van der Waals surface area (Å²) in [5.41, 5.74) is 0.955. The third-order valence-electron chi connectivity index (χ3n) is 4.85. The van der Waals surface area contributed by atoms with Crippen LogP contribution in [0.5, 0.6) is 11.5 Å². The molecule has 2 aliphatic rings. The van der Waals surface area contributed by atoms with Gasteiger partial charge in [0.1, 0.15) is 6.54 Å². The van der Waals surface area contributed by atoms with Gasteiger partial charge in [0.2, 0.25) is 5.91 Å². The standard InChI is InChI=1S/C20H19N5O5/c1-29-14-9-8-13(10-15(14)30-2)25-19(27)17-18(20(25)28)24(23-22-17)11-16(26)21-12-6-4-3-5-7-12/h3-10,17-18H,11H2,1-2H3,(H,21,26)/t17-,18+/m1/s1. The molecule has 1 N–H and O–H groups in total. The Morgan fingerprint density at radius 2 is 1.77 bits per heavy atom. The molecule has 0 radical (unpaired) electrons. The first-order valence-electron chi connectivity index (χ1n) is 9.15. The Hall–Kier alpha value is -3.95. The highest BCUT2D eigenvalue weighted by molar-refractivity contribution is 6.25. The minimum atomic E-state index is -0.991. The SMILES string of the molecule is COc1ccc(N2C(=O)[C@@H]3[C@@H](N=NN3CC(=O)Nc3ccccc3)C2=O)cc1OC. The molecule has 1 saturated heterocycles. The molecule has 0 aliphatic carbocycles. The number of methoxy groups -OCH3 is 2. The lowest BCUT2D eigenvalue weighted by Crippen LogP contribution is -2.43. The Morgan fingerprint density at radius 1 is 1.03 bits per heavy atom. The summed E-state index contributed by atoms with van der Waals surface area (Å²) in [6, 6.07) is 11.7. The number of para-hydroxylation sites is 1. The zero-order valence-corrected chi connectivity index (χ0v) is 16.3. The fourth-order valence-electron chi connectivity index (χ4n) is 3.44. The van der Waals surface area contributed by atoms with Crippen LogP contribution in [0.2, 0.25) is 0 Å². The van der Waals surface area contributed by atoms with Crippen molar-refractivity contribution in [1.29, 1.82) is 0 Å². The summed E-state index contributed by atoms with van der Waals surface area (Å²) in [6.07, 6.45) is 0. The van der Waals surface area contributed by atoms with Gasteiger partial charge in [0.05, 0.1) is 19.9 Å². The maximum Gasteiger partial charge on any atom is 0.263 e. The van der Waals surface area contributed by atoms with Crippen LogP contribution in [0.4, 0.5) is 11.4 Å². The van der Waals surface area contributed by atoms with Crippen LogP contribution in [0.3, 0.4) is 0 Å². The second-order valence-electron chi connectivity index (χ2n) is 6.66. The Morgan fingerprint density at radius 3 is 2.47 bits per heavy atom. The first kappa shape index (κ1) is 19.4. The van der Waals surface area contributed by atoms with E-state index in [1.54, 1.807) is 42.5 Å². The summed E-state index contributed by atoms with van der Waals surface area (Å²) < 4.78 is 10.4. The number of hydrogen-bond acceptors (Lipinski definition) is 8. The fraction of sp³-hybridized carbons (Fsp3) is 0.250. The summed E-state index contributed by atoms with van der Waals surface area (Å²) in [5, 5.41) is 11.8. The highest BCUT2D eigenvalue weighted by Gasteiger charge is 2.55. The largest absolute Gasteiger partial charge is 0.493 e. The van der Waals surface area contributed by atoms with Crippen LogP contribution < -0.4 is 19.7 Å². The number of fused-ring (bicyclic) bond motifs is 1. The van der Waals surface area contributed by atoms with E-state index < -0.39 is 23.9 Å². The lowest BCUT2D eigenvalue weighted by molar-refractivity contribution is -0.123. The molecule has 3 amide bonds. The molecule has 4 rings (SSSR count). The number of hydrogen-bond donors (Lipinski definition) is 1. The van der Waals surface area contributed by atoms with Crippen LogP contribution in [-0.2, 0) is 14.4 Å².